The summed E-state index contributed by atoms with van der Waals surface area (Å²) in [6, 6.07) is 20.2. The molecule has 11 heteroatoms. The Balaban J connectivity index is 1.48. The molecule has 2 heterocycles. The lowest BCUT2D eigenvalue weighted by molar-refractivity contribution is -0.139. The van der Waals surface area contributed by atoms with E-state index in [9.17, 15) is 4.79 Å². The molecule has 0 amide bonds. The second-order valence-electron chi connectivity index (χ2n) is 9.38. The molecule has 0 fully saturated rings. The lowest BCUT2D eigenvalue weighted by Gasteiger charge is -2.28. The Labute approximate surface area is 259 Å². The molecule has 3 aromatic carbocycles. The maximum Gasteiger partial charge on any atom is 0.338 e. The molecule has 0 bridgehead atoms. The van der Waals surface area contributed by atoms with Gasteiger partial charge >= 0.3 is 5.97 Å². The predicted molar refractivity (Wildman–Crippen MR) is 166 cm³/mol. The highest BCUT2D eigenvalue weighted by molar-refractivity contribution is 7.98. The summed E-state index contributed by atoms with van der Waals surface area (Å²) in [5.41, 5.74) is 3.81. The van der Waals surface area contributed by atoms with E-state index in [2.05, 4.69) is 5.32 Å². The number of anilines is 1. The van der Waals surface area contributed by atoms with Crippen molar-refractivity contribution in [1.29, 1.82) is 0 Å². The highest BCUT2D eigenvalue weighted by Gasteiger charge is 2.35. The number of carbonyl (C=O) groups is 1. The number of allylic oxidation sites excluding steroid dienone is 1. The smallest absolute Gasteiger partial charge is 0.338 e. The summed E-state index contributed by atoms with van der Waals surface area (Å²) in [6.07, 6.45) is 0. The zero-order valence-electron chi connectivity index (χ0n) is 23.4. The SMILES string of the molecule is CCOC(=O)C1=C(C)Nc2nc(SCc3ccccc3Cl)nn2C1c1ccc(OCc2ccc(Cl)cc2)c(OCC)c1. The Kier molecular flexibility index (Phi) is 9.62. The third-order valence-corrected chi connectivity index (χ3v) is 8.04. The van der Waals surface area contributed by atoms with Crippen LogP contribution in [0.25, 0.3) is 0 Å². The molecule has 218 valence electrons. The first-order valence-electron chi connectivity index (χ1n) is 13.5. The van der Waals surface area contributed by atoms with Crippen molar-refractivity contribution < 1.29 is 19.0 Å². The lowest BCUT2D eigenvalue weighted by atomic mass is 9.95. The second kappa shape index (κ2) is 13.5. The molecule has 42 heavy (non-hydrogen) atoms. The summed E-state index contributed by atoms with van der Waals surface area (Å²) in [7, 11) is 0. The summed E-state index contributed by atoms with van der Waals surface area (Å²) in [5.74, 6) is 1.82. The second-order valence-corrected chi connectivity index (χ2v) is 11.2. The van der Waals surface area contributed by atoms with E-state index in [1.807, 2.05) is 80.6 Å². The number of carbonyl (C=O) groups excluding carboxylic acids is 1. The van der Waals surface area contributed by atoms with Gasteiger partial charge in [0.15, 0.2) is 11.5 Å². The van der Waals surface area contributed by atoms with Crippen LogP contribution in [0.15, 0.2) is 83.2 Å². The molecule has 8 nitrogen and oxygen atoms in total. The Hall–Kier alpha value is -3.66. The van der Waals surface area contributed by atoms with Crippen LogP contribution in [0.4, 0.5) is 5.95 Å². The fraction of sp³-hybridized carbons (Fsp3) is 0.258. The molecule has 0 saturated carbocycles. The first-order chi connectivity index (χ1) is 20.4. The molecule has 0 spiro atoms. The van der Waals surface area contributed by atoms with Crippen molar-refractivity contribution >= 4 is 46.9 Å². The van der Waals surface area contributed by atoms with Gasteiger partial charge in [0.25, 0.3) is 0 Å². The van der Waals surface area contributed by atoms with E-state index in [-0.39, 0.29) is 6.61 Å². The Morgan fingerprint density at radius 2 is 1.79 bits per heavy atom. The first kappa shape index (κ1) is 29.8. The molecule has 4 aromatic rings. The number of nitrogens with zero attached hydrogens (tertiary/aromatic N) is 3. The Morgan fingerprint density at radius 1 is 1.00 bits per heavy atom. The molecule has 1 N–H and O–H groups in total. The number of hydrogen-bond acceptors (Lipinski definition) is 8. The van der Waals surface area contributed by atoms with Gasteiger partial charge in [-0.1, -0.05) is 71.4 Å². The highest BCUT2D eigenvalue weighted by Crippen LogP contribution is 2.40. The van der Waals surface area contributed by atoms with Crippen LogP contribution in [0.5, 0.6) is 11.5 Å². The molecule has 0 saturated heterocycles. The Morgan fingerprint density at radius 3 is 2.52 bits per heavy atom. The number of fused-ring (bicyclic) bond motifs is 1. The number of rotatable bonds is 11. The predicted octanol–water partition coefficient (Wildman–Crippen LogP) is 7.71. The molecule has 1 aromatic heterocycles. The van der Waals surface area contributed by atoms with Crippen LogP contribution >= 0.6 is 35.0 Å². The molecule has 1 aliphatic heterocycles. The first-order valence-corrected chi connectivity index (χ1v) is 15.2. The van der Waals surface area contributed by atoms with Crippen LogP contribution in [0.1, 0.15) is 43.5 Å². The zero-order valence-corrected chi connectivity index (χ0v) is 25.7. The van der Waals surface area contributed by atoms with Gasteiger partial charge in [-0.05, 0) is 67.8 Å². The number of thioether (sulfide) groups is 1. The van der Waals surface area contributed by atoms with Crippen LogP contribution in [-0.4, -0.2) is 33.9 Å². The van der Waals surface area contributed by atoms with E-state index in [1.165, 1.54) is 11.8 Å². The minimum absolute atomic E-state index is 0.243. The summed E-state index contributed by atoms with van der Waals surface area (Å²) >= 11 is 13.8. The average Bonchev–Trinajstić information content (AvgIpc) is 3.38. The number of halogens is 2. The molecular weight excluding hydrogens is 595 g/mol. The van der Waals surface area contributed by atoms with Crippen molar-refractivity contribution in [2.45, 2.75) is 44.3 Å². The van der Waals surface area contributed by atoms with Crippen molar-refractivity contribution in [3.8, 4) is 11.5 Å². The van der Waals surface area contributed by atoms with Crippen LogP contribution < -0.4 is 14.8 Å². The van der Waals surface area contributed by atoms with Crippen molar-refractivity contribution in [3.63, 3.8) is 0 Å². The van der Waals surface area contributed by atoms with Crippen LogP contribution in [0.2, 0.25) is 10.0 Å². The Bertz CT molecular complexity index is 1610. The van der Waals surface area contributed by atoms with Gasteiger partial charge in [-0.25, -0.2) is 9.48 Å². The molecule has 0 aliphatic carbocycles. The van der Waals surface area contributed by atoms with Gasteiger partial charge in [0.05, 0.1) is 18.8 Å². The number of hydrogen-bond donors (Lipinski definition) is 1. The van der Waals surface area contributed by atoms with Crippen molar-refractivity contribution in [2.24, 2.45) is 0 Å². The van der Waals surface area contributed by atoms with Crippen LogP contribution in [-0.2, 0) is 21.9 Å². The van der Waals surface area contributed by atoms with Crippen molar-refractivity contribution in [2.75, 3.05) is 18.5 Å². The van der Waals surface area contributed by atoms with Crippen LogP contribution in [0.3, 0.4) is 0 Å². The quantitative estimate of drug-likeness (QED) is 0.134. The molecule has 5 rings (SSSR count). The average molecular weight is 626 g/mol. The van der Waals surface area contributed by atoms with Gasteiger partial charge in [-0.2, -0.15) is 4.98 Å². The minimum Gasteiger partial charge on any atom is -0.490 e. The number of esters is 1. The normalized spacial score (nSPS) is 14.3. The van der Waals surface area contributed by atoms with Gasteiger partial charge in [-0.3, -0.25) is 0 Å². The molecule has 1 atom stereocenters. The van der Waals surface area contributed by atoms with Gasteiger partial charge < -0.3 is 19.5 Å². The van der Waals surface area contributed by atoms with E-state index in [1.54, 1.807) is 11.6 Å². The minimum atomic E-state index is -0.605. The monoisotopic (exact) mass is 624 g/mol. The number of aromatic nitrogens is 3. The van der Waals surface area contributed by atoms with Gasteiger partial charge in [-0.15, -0.1) is 5.10 Å². The molecule has 0 radical (unpaired) electrons. The summed E-state index contributed by atoms with van der Waals surface area (Å²) in [4.78, 5) is 18.0. The number of ether oxygens (including phenoxy) is 3. The largest absolute Gasteiger partial charge is 0.490 e. The molecule has 1 unspecified atom stereocenters. The maximum atomic E-state index is 13.3. The van der Waals surface area contributed by atoms with Crippen molar-refractivity contribution in [3.05, 3.63) is 105 Å². The van der Waals surface area contributed by atoms with E-state index in [0.717, 1.165) is 16.7 Å². The topological polar surface area (TPSA) is 87.5 Å². The van der Waals surface area contributed by atoms with Crippen molar-refractivity contribution in [1.82, 2.24) is 14.8 Å². The maximum absolute atomic E-state index is 13.3. The standard InChI is InChI=1S/C31H30Cl2N4O4S/c1-4-39-26-16-21(12-15-25(26)41-17-20-10-13-23(32)14-11-20)28-27(29(38)40-5-2)19(3)34-30-35-31(36-37(28)30)42-18-22-8-6-7-9-24(22)33/h6-16,28H,4-5,17-18H2,1-3H3,(H,34,35,36). The fourth-order valence-corrected chi connectivity index (χ4v) is 5.80. The molecule has 1 aliphatic rings. The van der Waals surface area contributed by atoms with Gasteiger partial charge in [0.2, 0.25) is 11.1 Å². The summed E-state index contributed by atoms with van der Waals surface area (Å²) in [5, 5.41) is 9.94. The van der Waals surface area contributed by atoms with E-state index in [4.69, 9.17) is 47.5 Å². The third kappa shape index (κ3) is 6.69. The van der Waals surface area contributed by atoms with Crippen LogP contribution in [0, 0.1) is 0 Å². The third-order valence-electron chi connectivity index (χ3n) is 6.53. The summed E-state index contributed by atoms with van der Waals surface area (Å²) in [6.45, 7) is 6.55. The number of nitrogens with one attached hydrogen (secondary N) is 1. The number of benzene rings is 3. The fourth-order valence-electron chi connectivity index (χ4n) is 4.56. The van der Waals surface area contributed by atoms with E-state index in [0.29, 0.717) is 62.9 Å². The van der Waals surface area contributed by atoms with E-state index < -0.39 is 12.0 Å². The highest BCUT2D eigenvalue weighted by atomic mass is 35.5. The summed E-state index contributed by atoms with van der Waals surface area (Å²) < 4.78 is 19.3. The van der Waals surface area contributed by atoms with Gasteiger partial charge in [0.1, 0.15) is 12.6 Å². The lowest BCUT2D eigenvalue weighted by Crippen LogP contribution is -2.29. The molecular formula is C31H30Cl2N4O4S. The zero-order chi connectivity index (χ0) is 29.6. The van der Waals surface area contributed by atoms with Gasteiger partial charge in [0, 0.05) is 21.5 Å². The van der Waals surface area contributed by atoms with E-state index >= 15 is 0 Å².